The Morgan fingerprint density at radius 1 is 1.03 bits per heavy atom. The van der Waals surface area contributed by atoms with Gasteiger partial charge in [0.2, 0.25) is 5.91 Å². The molecule has 6 rings (SSSR count). The van der Waals surface area contributed by atoms with E-state index in [1.165, 1.54) is 30.3 Å². The van der Waals surface area contributed by atoms with Crippen molar-refractivity contribution in [2.24, 2.45) is 0 Å². The van der Waals surface area contributed by atoms with Gasteiger partial charge in [-0.3, -0.25) is 4.79 Å². The lowest BCUT2D eigenvalue weighted by Crippen LogP contribution is -2.28. The van der Waals surface area contributed by atoms with E-state index in [0.29, 0.717) is 30.6 Å². The summed E-state index contributed by atoms with van der Waals surface area (Å²) in [5.41, 5.74) is 11.3. The first-order chi connectivity index (χ1) is 18.2. The molecule has 37 heavy (non-hydrogen) atoms. The Hall–Kier alpha value is -4.04. The molecule has 8 nitrogen and oxygen atoms in total. The van der Waals surface area contributed by atoms with E-state index in [2.05, 4.69) is 63.8 Å². The number of rotatable bonds is 8. The number of carbonyl (C=O) groups is 1. The lowest BCUT2D eigenvalue weighted by Gasteiger charge is -2.15. The van der Waals surface area contributed by atoms with Gasteiger partial charge >= 0.3 is 0 Å². The summed E-state index contributed by atoms with van der Waals surface area (Å²) in [7, 11) is 0. The van der Waals surface area contributed by atoms with Gasteiger partial charge in [-0.1, -0.05) is 60.7 Å². The lowest BCUT2D eigenvalue weighted by molar-refractivity contribution is -0.125. The summed E-state index contributed by atoms with van der Waals surface area (Å²) in [6, 6.07) is 19.5. The minimum absolute atomic E-state index is 0.0323. The van der Waals surface area contributed by atoms with Crippen LogP contribution < -0.4 is 11.1 Å². The summed E-state index contributed by atoms with van der Waals surface area (Å²) >= 11 is 0. The number of benzene rings is 2. The third-order valence-electron chi connectivity index (χ3n) is 7.18. The zero-order chi connectivity index (χ0) is 25.2. The van der Waals surface area contributed by atoms with Gasteiger partial charge in [0.05, 0.1) is 11.4 Å². The Bertz CT molecular complexity index is 1420. The Morgan fingerprint density at radius 2 is 1.81 bits per heavy atom. The van der Waals surface area contributed by atoms with Crippen molar-refractivity contribution in [2.75, 3.05) is 25.4 Å². The topological polar surface area (TPSA) is 102 Å². The molecule has 1 saturated heterocycles. The predicted molar refractivity (Wildman–Crippen MR) is 145 cm³/mol. The van der Waals surface area contributed by atoms with E-state index in [0.717, 1.165) is 36.0 Å². The van der Waals surface area contributed by atoms with Crippen molar-refractivity contribution in [1.82, 2.24) is 30.0 Å². The number of amides is 1. The van der Waals surface area contributed by atoms with Crippen LogP contribution in [0.15, 0.2) is 73.1 Å². The quantitative estimate of drug-likeness (QED) is 0.363. The largest absolute Gasteiger partial charge is 0.383 e. The number of fused-ring (bicyclic) bond motifs is 1. The molecule has 1 saturated carbocycles. The highest BCUT2D eigenvalue weighted by Crippen LogP contribution is 2.34. The van der Waals surface area contributed by atoms with Crippen molar-refractivity contribution < 1.29 is 4.79 Å². The Kier molecular flexibility index (Phi) is 6.40. The van der Waals surface area contributed by atoms with Crippen LogP contribution in [0.4, 0.5) is 5.82 Å². The molecule has 1 amide bonds. The van der Waals surface area contributed by atoms with Gasteiger partial charge < -0.3 is 16.0 Å². The molecule has 8 heteroatoms. The normalized spacial score (nSPS) is 17.7. The van der Waals surface area contributed by atoms with Gasteiger partial charge in [-0.05, 0) is 36.8 Å². The molecule has 0 unspecified atom stereocenters. The number of anilines is 1. The van der Waals surface area contributed by atoms with Gasteiger partial charge in [-0.15, -0.1) is 0 Å². The Balaban J connectivity index is 1.22. The second-order valence-corrected chi connectivity index (χ2v) is 9.92. The summed E-state index contributed by atoms with van der Waals surface area (Å²) in [5, 5.41) is 9.14. The number of nitrogens with zero attached hydrogens (tertiary/aromatic N) is 5. The van der Waals surface area contributed by atoms with Crippen LogP contribution in [0.25, 0.3) is 22.3 Å². The summed E-state index contributed by atoms with van der Waals surface area (Å²) in [5.74, 6) is 0.455. The molecule has 2 aromatic carbocycles. The zero-order valence-electron chi connectivity index (χ0n) is 20.8. The highest BCUT2D eigenvalue weighted by molar-refractivity contribution is 5.98. The van der Waals surface area contributed by atoms with Gasteiger partial charge in [-0.2, -0.15) is 5.10 Å². The van der Waals surface area contributed by atoms with Crippen LogP contribution in [0, 0.1) is 0 Å². The smallest absolute Gasteiger partial charge is 0.246 e. The minimum atomic E-state index is 0.0323. The van der Waals surface area contributed by atoms with Gasteiger partial charge in [0.25, 0.3) is 0 Å². The van der Waals surface area contributed by atoms with Crippen LogP contribution in [0.5, 0.6) is 0 Å². The monoisotopic (exact) mass is 493 g/mol. The molecule has 1 aliphatic heterocycles. The minimum Gasteiger partial charge on any atom is -0.383 e. The molecule has 2 fully saturated rings. The molecule has 3 heterocycles. The maximum Gasteiger partial charge on any atom is 0.246 e. The number of nitrogen functional groups attached to an aromatic ring is 1. The average Bonchev–Trinajstić information content (AvgIpc) is 3.46. The predicted octanol–water partition coefficient (Wildman–Crippen LogP) is 3.75. The van der Waals surface area contributed by atoms with Gasteiger partial charge in [0.15, 0.2) is 5.65 Å². The molecule has 188 valence electrons. The maximum atomic E-state index is 12.7. The van der Waals surface area contributed by atoms with Crippen LogP contribution in [0.1, 0.15) is 36.4 Å². The van der Waals surface area contributed by atoms with Crippen LogP contribution in [-0.2, 0) is 11.2 Å². The molecular weight excluding hydrogens is 462 g/mol. The molecule has 0 radical (unpaired) electrons. The fraction of sp³-hybridized carbons (Fsp3) is 0.310. The molecule has 1 aliphatic carbocycles. The van der Waals surface area contributed by atoms with Crippen molar-refractivity contribution in [1.29, 1.82) is 0 Å². The zero-order valence-corrected chi connectivity index (χ0v) is 20.8. The van der Waals surface area contributed by atoms with Crippen molar-refractivity contribution in [3.05, 3.63) is 84.2 Å². The van der Waals surface area contributed by atoms with Gasteiger partial charge in [0.1, 0.15) is 17.8 Å². The van der Waals surface area contributed by atoms with E-state index in [1.807, 2.05) is 21.7 Å². The van der Waals surface area contributed by atoms with E-state index in [9.17, 15) is 4.79 Å². The first-order valence-corrected chi connectivity index (χ1v) is 13.0. The third-order valence-corrected chi connectivity index (χ3v) is 7.18. The van der Waals surface area contributed by atoms with Gasteiger partial charge in [0, 0.05) is 37.3 Å². The van der Waals surface area contributed by atoms with Crippen molar-refractivity contribution in [2.45, 2.75) is 37.8 Å². The fourth-order valence-electron chi connectivity index (χ4n) is 4.99. The summed E-state index contributed by atoms with van der Waals surface area (Å²) < 4.78 is 1.94. The highest BCUT2D eigenvalue weighted by Gasteiger charge is 2.30. The Morgan fingerprint density at radius 3 is 2.59 bits per heavy atom. The standard InChI is InChI=1S/C29H31N7O/c30-28-26-27(22-10-8-21(9-11-22)17-20-5-2-1-3-6-20)34-36(29(26)33-19-32-28)24-14-16-35(18-24)25(37)7-4-15-31-23-12-13-23/h1-11,19,23-24,31H,12-18H2,(H2,30,32,33)/b7-4+/t24-/m1/s1. The molecule has 2 aromatic heterocycles. The highest BCUT2D eigenvalue weighted by atomic mass is 16.2. The second kappa shape index (κ2) is 10.1. The molecule has 4 aromatic rings. The number of nitrogens with one attached hydrogen (secondary N) is 1. The molecular formula is C29H31N7O. The number of hydrogen-bond donors (Lipinski definition) is 2. The SMILES string of the molecule is Nc1ncnc2c1c(-c1ccc(Cc3ccccc3)cc1)nn2[C@@H]1CCN(C(=O)/C=C/CNC2CC2)C1. The first-order valence-electron chi connectivity index (χ1n) is 13.0. The number of aromatic nitrogens is 4. The molecule has 2 aliphatic rings. The summed E-state index contributed by atoms with van der Waals surface area (Å²) in [6.45, 7) is 2.02. The van der Waals surface area contributed by atoms with E-state index in [-0.39, 0.29) is 11.9 Å². The van der Waals surface area contributed by atoms with E-state index >= 15 is 0 Å². The first kappa shape index (κ1) is 23.4. The molecule has 0 spiro atoms. The van der Waals surface area contributed by atoms with Crippen LogP contribution >= 0.6 is 0 Å². The number of carbonyl (C=O) groups excluding carboxylic acids is 1. The fourth-order valence-corrected chi connectivity index (χ4v) is 4.99. The van der Waals surface area contributed by atoms with Crippen molar-refractivity contribution in [3.8, 4) is 11.3 Å². The van der Waals surface area contributed by atoms with Crippen LogP contribution in [-0.4, -0.2) is 56.2 Å². The van der Waals surface area contributed by atoms with E-state index < -0.39 is 0 Å². The van der Waals surface area contributed by atoms with E-state index in [1.54, 1.807) is 6.08 Å². The van der Waals surface area contributed by atoms with E-state index in [4.69, 9.17) is 10.8 Å². The Labute approximate surface area is 216 Å². The molecule has 1 atom stereocenters. The number of hydrogen-bond acceptors (Lipinski definition) is 6. The van der Waals surface area contributed by atoms with Crippen molar-refractivity contribution in [3.63, 3.8) is 0 Å². The number of nitrogens with two attached hydrogens (primary N) is 1. The average molecular weight is 494 g/mol. The summed E-state index contributed by atoms with van der Waals surface area (Å²) in [4.78, 5) is 23.4. The van der Waals surface area contributed by atoms with Crippen LogP contribution in [0.3, 0.4) is 0 Å². The molecule has 0 bridgehead atoms. The summed E-state index contributed by atoms with van der Waals surface area (Å²) in [6.07, 6.45) is 9.25. The number of likely N-dealkylation sites (tertiary alicyclic amines) is 1. The van der Waals surface area contributed by atoms with Crippen molar-refractivity contribution >= 4 is 22.8 Å². The maximum absolute atomic E-state index is 12.7. The second-order valence-electron chi connectivity index (χ2n) is 9.92. The lowest BCUT2D eigenvalue weighted by atomic mass is 10.0. The van der Waals surface area contributed by atoms with Crippen LogP contribution in [0.2, 0.25) is 0 Å². The van der Waals surface area contributed by atoms with Gasteiger partial charge in [-0.25, -0.2) is 14.6 Å². The molecule has 3 N–H and O–H groups in total. The third kappa shape index (κ3) is 5.11.